The molecule has 0 unspecified atom stereocenters. The molecular weight excluding hydrogens is 415 g/mol. The minimum atomic E-state index is 0.0431. The predicted molar refractivity (Wildman–Crippen MR) is 125 cm³/mol. The lowest BCUT2D eigenvalue weighted by Gasteiger charge is -2.16. The molecule has 0 aliphatic heterocycles. The maximum absolute atomic E-state index is 12.7. The SMILES string of the molecule is CC(C)Cc1ccc(-c2c(Cl)cc(NC(=O)C3CCCCCC3)cc2Cl)cc1C#N. The first-order chi connectivity index (χ1) is 14.4. The van der Waals surface area contributed by atoms with Gasteiger partial charge < -0.3 is 5.32 Å². The zero-order chi connectivity index (χ0) is 21.7. The standard InChI is InChI=1S/C25H28Cl2N2O/c1-16(2)11-18-9-10-19(12-20(18)15-28)24-22(26)13-21(14-23(24)27)29-25(30)17-7-5-3-4-6-8-17/h9-10,12-14,16-17H,3-8,11H2,1-2H3,(H,29,30). The van der Waals surface area contributed by atoms with Gasteiger partial charge in [0.1, 0.15) is 0 Å². The molecule has 0 saturated heterocycles. The summed E-state index contributed by atoms with van der Waals surface area (Å²) in [5.74, 6) is 0.560. The molecule has 0 atom stereocenters. The number of nitrogens with zero attached hydrogens (tertiary/aromatic N) is 1. The topological polar surface area (TPSA) is 52.9 Å². The Morgan fingerprint density at radius 3 is 2.30 bits per heavy atom. The van der Waals surface area contributed by atoms with Crippen LogP contribution in [0.1, 0.15) is 63.5 Å². The molecule has 1 aliphatic carbocycles. The smallest absolute Gasteiger partial charge is 0.227 e. The van der Waals surface area contributed by atoms with Gasteiger partial charge in [-0.1, -0.05) is 74.9 Å². The zero-order valence-corrected chi connectivity index (χ0v) is 19.1. The van der Waals surface area contributed by atoms with Gasteiger partial charge in [-0.2, -0.15) is 5.26 Å². The van der Waals surface area contributed by atoms with E-state index in [1.54, 1.807) is 12.1 Å². The first-order valence-electron chi connectivity index (χ1n) is 10.7. The summed E-state index contributed by atoms with van der Waals surface area (Å²) >= 11 is 13.1. The van der Waals surface area contributed by atoms with Crippen LogP contribution in [0, 0.1) is 23.2 Å². The molecule has 1 N–H and O–H groups in total. The monoisotopic (exact) mass is 442 g/mol. The number of carbonyl (C=O) groups excluding carboxylic acids is 1. The fraction of sp³-hybridized carbons (Fsp3) is 0.440. The Hall–Kier alpha value is -2.02. The normalized spacial score (nSPS) is 14.9. The van der Waals surface area contributed by atoms with Gasteiger partial charge in [0.15, 0.2) is 0 Å². The van der Waals surface area contributed by atoms with Crippen molar-refractivity contribution in [3.63, 3.8) is 0 Å². The first-order valence-corrected chi connectivity index (χ1v) is 11.5. The Kier molecular flexibility index (Phi) is 7.81. The first kappa shape index (κ1) is 22.7. The number of hydrogen-bond acceptors (Lipinski definition) is 2. The molecule has 0 radical (unpaired) electrons. The Balaban J connectivity index is 1.84. The van der Waals surface area contributed by atoms with Crippen molar-refractivity contribution in [2.75, 3.05) is 5.32 Å². The largest absolute Gasteiger partial charge is 0.326 e. The second-order valence-corrected chi connectivity index (χ2v) is 9.39. The number of nitriles is 1. The molecule has 1 fully saturated rings. The van der Waals surface area contributed by atoms with E-state index in [1.807, 2.05) is 18.2 Å². The Morgan fingerprint density at radius 1 is 1.10 bits per heavy atom. The van der Waals surface area contributed by atoms with Crippen molar-refractivity contribution in [1.82, 2.24) is 0 Å². The minimum Gasteiger partial charge on any atom is -0.326 e. The van der Waals surface area contributed by atoms with E-state index in [9.17, 15) is 10.1 Å². The van der Waals surface area contributed by atoms with Gasteiger partial charge in [0.05, 0.1) is 21.7 Å². The Labute approximate surface area is 189 Å². The van der Waals surface area contributed by atoms with E-state index in [-0.39, 0.29) is 11.8 Å². The molecule has 30 heavy (non-hydrogen) atoms. The van der Waals surface area contributed by atoms with E-state index >= 15 is 0 Å². The number of hydrogen-bond donors (Lipinski definition) is 1. The van der Waals surface area contributed by atoms with E-state index in [4.69, 9.17) is 23.2 Å². The lowest BCUT2D eigenvalue weighted by Crippen LogP contribution is -2.22. The summed E-state index contributed by atoms with van der Waals surface area (Å²) in [4.78, 5) is 12.7. The molecular formula is C25H28Cl2N2O. The van der Waals surface area contributed by atoms with Gasteiger partial charge in [0.2, 0.25) is 5.91 Å². The fourth-order valence-electron chi connectivity index (χ4n) is 4.16. The lowest BCUT2D eigenvalue weighted by atomic mass is 9.94. The number of rotatable bonds is 5. The highest BCUT2D eigenvalue weighted by molar-refractivity contribution is 6.39. The third-order valence-corrected chi connectivity index (χ3v) is 6.28. The maximum atomic E-state index is 12.7. The summed E-state index contributed by atoms with van der Waals surface area (Å²) in [6, 6.07) is 11.5. The predicted octanol–water partition coefficient (Wildman–Crippen LogP) is 7.64. The third-order valence-electron chi connectivity index (χ3n) is 5.68. The van der Waals surface area contributed by atoms with Crippen molar-refractivity contribution in [1.29, 1.82) is 5.26 Å². The van der Waals surface area contributed by atoms with E-state index in [0.29, 0.717) is 32.8 Å². The molecule has 0 aromatic heterocycles. The van der Waals surface area contributed by atoms with Crippen molar-refractivity contribution in [3.8, 4) is 17.2 Å². The summed E-state index contributed by atoms with van der Waals surface area (Å²) in [6.07, 6.45) is 7.33. The van der Waals surface area contributed by atoms with Gasteiger partial charge in [-0.15, -0.1) is 0 Å². The summed E-state index contributed by atoms with van der Waals surface area (Å²) < 4.78 is 0. The van der Waals surface area contributed by atoms with Crippen LogP contribution in [-0.2, 0) is 11.2 Å². The molecule has 1 aliphatic rings. The van der Waals surface area contributed by atoms with Crippen LogP contribution in [0.15, 0.2) is 30.3 Å². The Morgan fingerprint density at radius 2 is 1.73 bits per heavy atom. The number of halogens is 2. The zero-order valence-electron chi connectivity index (χ0n) is 17.6. The fourth-order valence-corrected chi connectivity index (χ4v) is 4.87. The van der Waals surface area contributed by atoms with E-state index in [1.165, 1.54) is 12.8 Å². The van der Waals surface area contributed by atoms with Crippen LogP contribution in [0.4, 0.5) is 5.69 Å². The highest BCUT2D eigenvalue weighted by Crippen LogP contribution is 2.38. The van der Waals surface area contributed by atoms with Crippen LogP contribution >= 0.6 is 23.2 Å². The number of anilines is 1. The quantitative estimate of drug-likeness (QED) is 0.483. The molecule has 2 aromatic rings. The molecule has 5 heteroatoms. The van der Waals surface area contributed by atoms with Crippen molar-refractivity contribution >= 4 is 34.8 Å². The molecule has 0 spiro atoms. The highest BCUT2D eigenvalue weighted by atomic mass is 35.5. The molecule has 158 valence electrons. The molecule has 1 saturated carbocycles. The van der Waals surface area contributed by atoms with E-state index in [2.05, 4.69) is 25.2 Å². The van der Waals surface area contributed by atoms with Gasteiger partial charge in [0, 0.05) is 17.2 Å². The van der Waals surface area contributed by atoms with Gasteiger partial charge in [-0.3, -0.25) is 4.79 Å². The summed E-state index contributed by atoms with van der Waals surface area (Å²) in [5, 5.41) is 13.5. The average molecular weight is 443 g/mol. The molecule has 2 aromatic carbocycles. The number of benzene rings is 2. The minimum absolute atomic E-state index is 0.0431. The number of amides is 1. The second kappa shape index (κ2) is 10.3. The van der Waals surface area contributed by atoms with Crippen molar-refractivity contribution in [2.24, 2.45) is 11.8 Å². The molecule has 0 heterocycles. The van der Waals surface area contributed by atoms with E-state index < -0.39 is 0 Å². The van der Waals surface area contributed by atoms with E-state index in [0.717, 1.165) is 43.2 Å². The summed E-state index contributed by atoms with van der Waals surface area (Å²) in [6.45, 7) is 4.26. The van der Waals surface area contributed by atoms with Gasteiger partial charge in [0.25, 0.3) is 0 Å². The maximum Gasteiger partial charge on any atom is 0.227 e. The van der Waals surface area contributed by atoms with Crippen LogP contribution in [0.3, 0.4) is 0 Å². The lowest BCUT2D eigenvalue weighted by molar-refractivity contribution is -0.120. The van der Waals surface area contributed by atoms with Crippen LogP contribution < -0.4 is 5.32 Å². The average Bonchev–Trinajstić information content (AvgIpc) is 2.97. The van der Waals surface area contributed by atoms with Crippen LogP contribution in [0.2, 0.25) is 10.0 Å². The molecule has 0 bridgehead atoms. The van der Waals surface area contributed by atoms with Gasteiger partial charge in [-0.05, 0) is 54.5 Å². The molecule has 1 amide bonds. The number of nitrogens with one attached hydrogen (secondary N) is 1. The third kappa shape index (κ3) is 5.56. The van der Waals surface area contributed by atoms with Crippen molar-refractivity contribution < 1.29 is 4.79 Å². The van der Waals surface area contributed by atoms with Crippen LogP contribution in [-0.4, -0.2) is 5.91 Å². The van der Waals surface area contributed by atoms with Crippen molar-refractivity contribution in [2.45, 2.75) is 58.8 Å². The number of carbonyl (C=O) groups is 1. The Bertz CT molecular complexity index is 931. The van der Waals surface area contributed by atoms with Crippen LogP contribution in [0.5, 0.6) is 0 Å². The second-order valence-electron chi connectivity index (χ2n) is 8.57. The summed E-state index contributed by atoms with van der Waals surface area (Å²) in [7, 11) is 0. The highest BCUT2D eigenvalue weighted by Gasteiger charge is 2.21. The summed E-state index contributed by atoms with van der Waals surface area (Å²) in [5.41, 5.74) is 3.75. The molecule has 3 nitrogen and oxygen atoms in total. The van der Waals surface area contributed by atoms with Crippen molar-refractivity contribution in [3.05, 3.63) is 51.5 Å². The molecule has 3 rings (SSSR count). The van der Waals surface area contributed by atoms with Crippen LogP contribution in [0.25, 0.3) is 11.1 Å². The van der Waals surface area contributed by atoms with Gasteiger partial charge >= 0.3 is 0 Å². The van der Waals surface area contributed by atoms with Gasteiger partial charge in [-0.25, -0.2) is 0 Å².